The number of benzene rings is 1. The van der Waals surface area contributed by atoms with Crippen molar-refractivity contribution in [2.24, 2.45) is 0 Å². The van der Waals surface area contributed by atoms with Crippen LogP contribution < -0.4 is 10.6 Å². The summed E-state index contributed by atoms with van der Waals surface area (Å²) in [5.41, 5.74) is 1.53. The largest absolute Gasteiger partial charge is 0.378 e. The fourth-order valence-electron chi connectivity index (χ4n) is 2.35. The molecule has 3 N–H and O–H groups in total. The third-order valence-electron chi connectivity index (χ3n) is 3.62. The van der Waals surface area contributed by atoms with Crippen molar-refractivity contribution < 1.29 is 14.3 Å². The fourth-order valence-corrected chi connectivity index (χ4v) is 2.35. The quantitative estimate of drug-likeness (QED) is 0.292. The number of hydrogen-bond donors (Lipinski definition) is 3. The van der Waals surface area contributed by atoms with Crippen LogP contribution in [0, 0.1) is 17.3 Å². The Labute approximate surface area is 133 Å². The van der Waals surface area contributed by atoms with E-state index in [1.807, 2.05) is 17.0 Å². The summed E-state index contributed by atoms with van der Waals surface area (Å²) in [6, 6.07) is 5.92. The Morgan fingerprint density at radius 3 is 2.52 bits per heavy atom. The Kier molecular flexibility index (Phi) is 4.26. The zero-order valence-corrected chi connectivity index (χ0v) is 12.4. The maximum atomic E-state index is 11.4. The molecule has 7 nitrogen and oxygen atoms in total. The van der Waals surface area contributed by atoms with E-state index in [1.165, 1.54) is 0 Å². The number of carbonyl (C=O) groups is 2. The van der Waals surface area contributed by atoms with E-state index in [-0.39, 0.29) is 0 Å². The average Bonchev–Trinajstić information content (AvgIpc) is 2.91. The predicted molar refractivity (Wildman–Crippen MR) is 83.0 cm³/mol. The number of carbonyl (C=O) groups excluding carboxylic acids is 2. The molecule has 3 rings (SSSR count). The number of hydrogen-bond acceptors (Lipinski definition) is 4. The molecule has 0 aliphatic carbocycles. The van der Waals surface area contributed by atoms with E-state index < -0.39 is 18.0 Å². The molecule has 118 valence electrons. The molecule has 2 saturated heterocycles. The van der Waals surface area contributed by atoms with E-state index in [9.17, 15) is 9.59 Å². The number of urea groups is 1. The molecule has 0 spiro atoms. The van der Waals surface area contributed by atoms with Crippen molar-refractivity contribution in [3.63, 3.8) is 0 Å². The van der Waals surface area contributed by atoms with Gasteiger partial charge >= 0.3 is 6.03 Å². The maximum Gasteiger partial charge on any atom is 0.322 e. The molecule has 2 aliphatic rings. The van der Waals surface area contributed by atoms with Crippen LogP contribution in [0.1, 0.15) is 11.1 Å². The maximum absolute atomic E-state index is 11.4. The van der Waals surface area contributed by atoms with Gasteiger partial charge in [-0.25, -0.2) is 4.79 Å². The first-order valence-corrected chi connectivity index (χ1v) is 7.28. The van der Waals surface area contributed by atoms with Crippen molar-refractivity contribution in [2.75, 3.05) is 26.3 Å². The van der Waals surface area contributed by atoms with Crippen molar-refractivity contribution in [1.29, 1.82) is 5.41 Å². The predicted octanol–water partition coefficient (Wildman–Crippen LogP) is -0.0963. The monoisotopic (exact) mass is 312 g/mol. The van der Waals surface area contributed by atoms with Gasteiger partial charge in [0.25, 0.3) is 5.91 Å². The highest BCUT2D eigenvalue weighted by Crippen LogP contribution is 2.09. The van der Waals surface area contributed by atoms with Crippen molar-refractivity contribution in [3.05, 3.63) is 35.4 Å². The Morgan fingerprint density at radius 2 is 1.91 bits per heavy atom. The summed E-state index contributed by atoms with van der Waals surface area (Å²) in [5.74, 6) is 5.60. The second-order valence-electron chi connectivity index (χ2n) is 5.19. The van der Waals surface area contributed by atoms with Gasteiger partial charge in [-0.2, -0.15) is 0 Å². The molecule has 2 heterocycles. The number of nitrogens with one attached hydrogen (secondary N) is 3. The van der Waals surface area contributed by atoms with Crippen LogP contribution in [0.4, 0.5) is 4.79 Å². The number of amidine groups is 1. The first kappa shape index (κ1) is 15.1. The number of imide groups is 1. The van der Waals surface area contributed by atoms with Gasteiger partial charge in [-0.15, -0.1) is 0 Å². The minimum absolute atomic E-state index is 0.437. The van der Waals surface area contributed by atoms with Gasteiger partial charge in [0, 0.05) is 24.2 Å². The second kappa shape index (κ2) is 6.50. The lowest BCUT2D eigenvalue weighted by atomic mass is 10.1. The molecule has 1 unspecified atom stereocenters. The minimum atomic E-state index is -0.811. The van der Waals surface area contributed by atoms with Gasteiger partial charge in [0.1, 0.15) is 5.84 Å². The normalized spacial score (nSPS) is 20.3. The molecule has 7 heteroatoms. The summed E-state index contributed by atoms with van der Waals surface area (Å²) >= 11 is 0. The van der Waals surface area contributed by atoms with E-state index in [2.05, 4.69) is 22.5 Å². The van der Waals surface area contributed by atoms with Crippen LogP contribution in [-0.2, 0) is 9.53 Å². The minimum Gasteiger partial charge on any atom is -0.378 e. The Morgan fingerprint density at radius 1 is 1.22 bits per heavy atom. The first-order chi connectivity index (χ1) is 11.1. The lowest BCUT2D eigenvalue weighted by Crippen LogP contribution is -2.40. The average molecular weight is 312 g/mol. The number of ether oxygens (including phenoxy) is 1. The van der Waals surface area contributed by atoms with Crippen molar-refractivity contribution >= 4 is 17.8 Å². The standard InChI is InChI=1S/C16H16N4O3/c17-14(20-7-9-23-10-8-20)12-4-1-11(2-5-12)3-6-13-15(21)19-16(22)18-13/h1-2,4-5,13,17H,7-10H2,(H2,18,19,21,22). The zero-order valence-electron chi connectivity index (χ0n) is 12.4. The van der Waals surface area contributed by atoms with Crippen LogP contribution in [0.3, 0.4) is 0 Å². The van der Waals surface area contributed by atoms with E-state index >= 15 is 0 Å². The molecule has 0 radical (unpaired) electrons. The Hall–Kier alpha value is -2.85. The van der Waals surface area contributed by atoms with E-state index in [4.69, 9.17) is 10.1 Å². The van der Waals surface area contributed by atoms with Gasteiger partial charge in [-0.05, 0) is 12.1 Å². The number of rotatable bonds is 1. The van der Waals surface area contributed by atoms with Crippen LogP contribution in [0.5, 0.6) is 0 Å². The molecule has 0 bridgehead atoms. The molecule has 1 atom stereocenters. The lowest BCUT2D eigenvalue weighted by molar-refractivity contribution is -0.119. The molecular formula is C16H16N4O3. The van der Waals surface area contributed by atoms with Crippen molar-refractivity contribution in [2.45, 2.75) is 6.04 Å². The highest BCUT2D eigenvalue weighted by atomic mass is 16.5. The van der Waals surface area contributed by atoms with Gasteiger partial charge in [-0.1, -0.05) is 24.0 Å². The molecule has 1 aromatic carbocycles. The summed E-state index contributed by atoms with van der Waals surface area (Å²) in [6.07, 6.45) is 0. The number of morpholine rings is 1. The summed E-state index contributed by atoms with van der Waals surface area (Å²) in [6.45, 7) is 2.72. The van der Waals surface area contributed by atoms with E-state index in [0.29, 0.717) is 19.0 Å². The molecule has 1 aromatic rings. The van der Waals surface area contributed by atoms with Gasteiger partial charge in [0.15, 0.2) is 6.04 Å². The molecule has 2 fully saturated rings. The lowest BCUT2D eigenvalue weighted by Gasteiger charge is -2.29. The van der Waals surface area contributed by atoms with E-state index in [1.54, 1.807) is 12.1 Å². The summed E-state index contributed by atoms with van der Waals surface area (Å²) in [5, 5.41) is 12.8. The van der Waals surface area contributed by atoms with E-state index in [0.717, 1.165) is 24.2 Å². The highest BCUT2D eigenvalue weighted by molar-refractivity contribution is 6.05. The Balaban J connectivity index is 1.66. The Bertz CT molecular complexity index is 696. The molecule has 23 heavy (non-hydrogen) atoms. The topological polar surface area (TPSA) is 94.5 Å². The molecule has 2 aliphatic heterocycles. The first-order valence-electron chi connectivity index (χ1n) is 7.28. The van der Waals surface area contributed by atoms with Gasteiger partial charge in [0.2, 0.25) is 0 Å². The number of amides is 3. The SMILES string of the molecule is N=C(c1ccc(C#CC2NC(=O)NC2=O)cc1)N1CCOCC1. The van der Waals surface area contributed by atoms with Crippen LogP contribution in [0.25, 0.3) is 0 Å². The fraction of sp³-hybridized carbons (Fsp3) is 0.312. The highest BCUT2D eigenvalue weighted by Gasteiger charge is 2.27. The van der Waals surface area contributed by atoms with Gasteiger partial charge in [0.05, 0.1) is 13.2 Å². The third-order valence-corrected chi connectivity index (χ3v) is 3.62. The summed E-state index contributed by atoms with van der Waals surface area (Å²) < 4.78 is 5.28. The van der Waals surface area contributed by atoms with Crippen LogP contribution in [0.2, 0.25) is 0 Å². The molecular weight excluding hydrogens is 296 g/mol. The second-order valence-corrected chi connectivity index (χ2v) is 5.19. The summed E-state index contributed by atoms with van der Waals surface area (Å²) in [7, 11) is 0. The number of nitrogens with zero attached hydrogens (tertiary/aromatic N) is 1. The van der Waals surface area contributed by atoms with Crippen LogP contribution >= 0.6 is 0 Å². The van der Waals surface area contributed by atoms with Gasteiger partial charge < -0.3 is 15.0 Å². The van der Waals surface area contributed by atoms with Crippen LogP contribution in [-0.4, -0.2) is 55.0 Å². The molecule has 0 aromatic heterocycles. The third kappa shape index (κ3) is 3.49. The van der Waals surface area contributed by atoms with Crippen molar-refractivity contribution in [1.82, 2.24) is 15.5 Å². The van der Waals surface area contributed by atoms with Crippen molar-refractivity contribution in [3.8, 4) is 11.8 Å². The smallest absolute Gasteiger partial charge is 0.322 e. The van der Waals surface area contributed by atoms with Crippen LogP contribution in [0.15, 0.2) is 24.3 Å². The zero-order chi connectivity index (χ0) is 16.2. The van der Waals surface area contributed by atoms with Gasteiger partial charge in [-0.3, -0.25) is 15.5 Å². The summed E-state index contributed by atoms with van der Waals surface area (Å²) in [4.78, 5) is 24.4. The molecule has 3 amide bonds. The molecule has 0 saturated carbocycles.